The first-order chi connectivity index (χ1) is 12.9. The summed E-state index contributed by atoms with van der Waals surface area (Å²) in [5, 5.41) is 2.89. The van der Waals surface area contributed by atoms with Gasteiger partial charge >= 0.3 is 0 Å². The number of piperidine rings is 1. The monoisotopic (exact) mass is 372 g/mol. The minimum Gasteiger partial charge on any atom is -0.352 e. The number of nitrogens with zero attached hydrogens (tertiary/aromatic N) is 1. The summed E-state index contributed by atoms with van der Waals surface area (Å²) >= 11 is 0. The molecule has 3 rings (SSSR count). The van der Waals surface area contributed by atoms with E-state index in [0.717, 1.165) is 5.56 Å². The molecule has 4 nitrogen and oxygen atoms in total. The Labute approximate surface area is 157 Å². The molecule has 0 unspecified atom stereocenters. The predicted octanol–water partition coefficient (Wildman–Crippen LogP) is 3.52. The Bertz CT molecular complexity index is 828. The largest absolute Gasteiger partial charge is 0.352 e. The number of hydrogen-bond acceptors (Lipinski definition) is 2. The first-order valence-corrected chi connectivity index (χ1v) is 8.96. The molecule has 142 valence electrons. The summed E-state index contributed by atoms with van der Waals surface area (Å²) in [7, 11) is 0. The maximum absolute atomic E-state index is 13.8. The first kappa shape index (κ1) is 19.0. The zero-order valence-electron chi connectivity index (χ0n) is 15.2. The summed E-state index contributed by atoms with van der Waals surface area (Å²) in [6.45, 7) is 2.99. The molecular formula is C21H22F2N2O2. The van der Waals surface area contributed by atoms with Gasteiger partial charge in [-0.05, 0) is 42.7 Å². The van der Waals surface area contributed by atoms with Crippen molar-refractivity contribution in [1.82, 2.24) is 10.2 Å². The Morgan fingerprint density at radius 3 is 2.30 bits per heavy atom. The van der Waals surface area contributed by atoms with E-state index in [1.165, 1.54) is 24.3 Å². The van der Waals surface area contributed by atoms with Crippen molar-refractivity contribution in [3.8, 4) is 0 Å². The van der Waals surface area contributed by atoms with Crippen LogP contribution < -0.4 is 5.32 Å². The van der Waals surface area contributed by atoms with Crippen molar-refractivity contribution in [2.24, 2.45) is 5.41 Å². The molecule has 0 spiro atoms. The predicted molar refractivity (Wildman–Crippen MR) is 97.9 cm³/mol. The summed E-state index contributed by atoms with van der Waals surface area (Å²) < 4.78 is 26.8. The SMILES string of the molecule is CC1(C(=O)NCc2ccc(F)cc2)CCN(C(=O)c2ccccc2F)CC1. The fourth-order valence-electron chi connectivity index (χ4n) is 3.23. The molecule has 1 saturated heterocycles. The molecular weight excluding hydrogens is 350 g/mol. The van der Waals surface area contributed by atoms with Gasteiger partial charge in [-0.25, -0.2) is 8.78 Å². The zero-order valence-corrected chi connectivity index (χ0v) is 15.2. The highest BCUT2D eigenvalue weighted by Crippen LogP contribution is 2.32. The molecule has 0 atom stereocenters. The summed E-state index contributed by atoms with van der Waals surface area (Å²) in [4.78, 5) is 26.7. The van der Waals surface area contributed by atoms with Crippen LogP contribution in [0.5, 0.6) is 0 Å². The minimum atomic E-state index is -0.591. The number of rotatable bonds is 4. The number of carbonyl (C=O) groups excluding carboxylic acids is 2. The Morgan fingerprint density at radius 1 is 1.04 bits per heavy atom. The highest BCUT2D eigenvalue weighted by atomic mass is 19.1. The van der Waals surface area contributed by atoms with Crippen molar-refractivity contribution in [3.05, 3.63) is 71.3 Å². The third-order valence-electron chi connectivity index (χ3n) is 5.17. The number of amides is 2. The third-order valence-corrected chi connectivity index (χ3v) is 5.17. The zero-order chi connectivity index (χ0) is 19.4. The Morgan fingerprint density at radius 2 is 1.67 bits per heavy atom. The van der Waals surface area contributed by atoms with E-state index in [9.17, 15) is 18.4 Å². The molecule has 2 aromatic carbocycles. The number of hydrogen-bond donors (Lipinski definition) is 1. The minimum absolute atomic E-state index is 0.0573. The molecule has 0 aliphatic carbocycles. The number of nitrogens with one attached hydrogen (secondary N) is 1. The van der Waals surface area contributed by atoms with Crippen molar-refractivity contribution >= 4 is 11.8 Å². The number of halogens is 2. The summed E-state index contributed by atoms with van der Waals surface area (Å²) in [6.07, 6.45) is 1.00. The van der Waals surface area contributed by atoms with Crippen LogP contribution in [0.4, 0.5) is 8.78 Å². The van der Waals surface area contributed by atoms with Gasteiger partial charge in [-0.1, -0.05) is 31.2 Å². The second-order valence-corrected chi connectivity index (χ2v) is 7.14. The van der Waals surface area contributed by atoms with Crippen molar-refractivity contribution in [3.63, 3.8) is 0 Å². The molecule has 0 bridgehead atoms. The number of likely N-dealkylation sites (tertiary alicyclic amines) is 1. The Hall–Kier alpha value is -2.76. The molecule has 27 heavy (non-hydrogen) atoms. The van der Waals surface area contributed by atoms with E-state index < -0.39 is 11.2 Å². The lowest BCUT2D eigenvalue weighted by Crippen LogP contribution is -2.48. The van der Waals surface area contributed by atoms with Gasteiger partial charge in [0.25, 0.3) is 5.91 Å². The number of carbonyl (C=O) groups is 2. The Kier molecular flexibility index (Phi) is 5.54. The van der Waals surface area contributed by atoms with E-state index in [0.29, 0.717) is 32.5 Å². The molecule has 1 fully saturated rings. The maximum atomic E-state index is 13.8. The van der Waals surface area contributed by atoms with Gasteiger partial charge < -0.3 is 10.2 Å². The van der Waals surface area contributed by atoms with Crippen LogP contribution in [0.1, 0.15) is 35.7 Å². The average Bonchev–Trinajstić information content (AvgIpc) is 2.68. The average molecular weight is 372 g/mol. The van der Waals surface area contributed by atoms with Crippen LogP contribution in [0.3, 0.4) is 0 Å². The molecule has 1 heterocycles. The molecule has 2 aromatic rings. The van der Waals surface area contributed by atoms with Gasteiger partial charge in [-0.2, -0.15) is 0 Å². The lowest BCUT2D eigenvalue weighted by Gasteiger charge is -2.38. The standard InChI is InChI=1S/C21H22F2N2O2/c1-21(20(27)24-14-15-6-8-16(22)9-7-15)10-12-25(13-11-21)19(26)17-4-2-3-5-18(17)23/h2-9H,10-14H2,1H3,(H,24,27). The van der Waals surface area contributed by atoms with Crippen LogP contribution in [0.25, 0.3) is 0 Å². The van der Waals surface area contributed by atoms with Gasteiger partial charge in [-0.3, -0.25) is 9.59 Å². The topological polar surface area (TPSA) is 49.4 Å². The van der Waals surface area contributed by atoms with Crippen molar-refractivity contribution < 1.29 is 18.4 Å². The van der Waals surface area contributed by atoms with Crippen LogP contribution in [0, 0.1) is 17.0 Å². The van der Waals surface area contributed by atoms with Crippen LogP contribution >= 0.6 is 0 Å². The molecule has 1 N–H and O–H groups in total. The summed E-state index contributed by atoms with van der Waals surface area (Å²) in [5.74, 6) is -1.29. The van der Waals surface area contributed by atoms with E-state index in [4.69, 9.17) is 0 Å². The molecule has 1 aliphatic heterocycles. The smallest absolute Gasteiger partial charge is 0.256 e. The van der Waals surface area contributed by atoms with Crippen molar-refractivity contribution in [1.29, 1.82) is 0 Å². The third kappa shape index (κ3) is 4.32. The fraction of sp³-hybridized carbons (Fsp3) is 0.333. The normalized spacial score (nSPS) is 16.0. The van der Waals surface area contributed by atoms with Crippen molar-refractivity contribution in [2.75, 3.05) is 13.1 Å². The van der Waals surface area contributed by atoms with Gasteiger partial charge in [0.1, 0.15) is 11.6 Å². The van der Waals surface area contributed by atoms with Gasteiger partial charge in [0.2, 0.25) is 5.91 Å². The summed E-state index contributed by atoms with van der Waals surface area (Å²) in [5.41, 5.74) is 0.286. The molecule has 6 heteroatoms. The van der Waals surface area contributed by atoms with Gasteiger partial charge in [0, 0.05) is 25.0 Å². The van der Waals surface area contributed by atoms with Crippen molar-refractivity contribution in [2.45, 2.75) is 26.3 Å². The molecule has 0 aromatic heterocycles. The highest BCUT2D eigenvalue weighted by molar-refractivity contribution is 5.94. The highest BCUT2D eigenvalue weighted by Gasteiger charge is 2.38. The second kappa shape index (κ2) is 7.86. The molecule has 2 amide bonds. The van der Waals surface area contributed by atoms with Gasteiger partial charge in [0.05, 0.1) is 5.56 Å². The van der Waals surface area contributed by atoms with Crippen LogP contribution in [0.15, 0.2) is 48.5 Å². The van der Waals surface area contributed by atoms with Crippen LogP contribution in [-0.2, 0) is 11.3 Å². The van der Waals surface area contributed by atoms with E-state index in [2.05, 4.69) is 5.32 Å². The first-order valence-electron chi connectivity index (χ1n) is 8.96. The lowest BCUT2D eigenvalue weighted by molar-refractivity contribution is -0.132. The molecule has 1 aliphatic rings. The summed E-state index contributed by atoms with van der Waals surface area (Å²) in [6, 6.07) is 11.9. The van der Waals surface area contributed by atoms with Crippen LogP contribution in [-0.4, -0.2) is 29.8 Å². The quantitative estimate of drug-likeness (QED) is 0.893. The number of benzene rings is 2. The van der Waals surface area contributed by atoms with Gasteiger partial charge in [-0.15, -0.1) is 0 Å². The Balaban J connectivity index is 1.56. The van der Waals surface area contributed by atoms with Gasteiger partial charge in [0.15, 0.2) is 0 Å². The molecule has 0 radical (unpaired) electrons. The lowest BCUT2D eigenvalue weighted by atomic mass is 9.79. The molecule has 0 saturated carbocycles. The van der Waals surface area contributed by atoms with Crippen LogP contribution in [0.2, 0.25) is 0 Å². The second-order valence-electron chi connectivity index (χ2n) is 7.14. The van der Waals surface area contributed by atoms with E-state index in [1.807, 2.05) is 6.92 Å². The van der Waals surface area contributed by atoms with E-state index in [-0.39, 0.29) is 23.2 Å². The van der Waals surface area contributed by atoms with E-state index in [1.54, 1.807) is 29.2 Å². The van der Waals surface area contributed by atoms with E-state index >= 15 is 0 Å². The maximum Gasteiger partial charge on any atom is 0.256 e. The fourth-order valence-corrected chi connectivity index (χ4v) is 3.23.